The summed E-state index contributed by atoms with van der Waals surface area (Å²) < 4.78 is 5.30. The van der Waals surface area contributed by atoms with Crippen LogP contribution in [0.5, 0.6) is 5.75 Å². The first kappa shape index (κ1) is 17.0. The van der Waals surface area contributed by atoms with E-state index in [0.29, 0.717) is 16.3 Å². The molecule has 0 radical (unpaired) electrons. The van der Waals surface area contributed by atoms with Gasteiger partial charge in [-0.1, -0.05) is 41.4 Å². The molecular weight excluding hydrogens is 314 g/mol. The Kier molecular flexibility index (Phi) is 5.77. The van der Waals surface area contributed by atoms with Crippen molar-refractivity contribution in [2.45, 2.75) is 20.3 Å². The quantitative estimate of drug-likeness (QED) is 0.671. The molecule has 2 rings (SSSR count). The average molecular weight is 332 g/mol. The van der Waals surface area contributed by atoms with Crippen LogP contribution in [0.4, 0.5) is 0 Å². The molecule has 120 valence electrons. The van der Waals surface area contributed by atoms with Crippen LogP contribution in [0.3, 0.4) is 0 Å². The molecule has 0 atom stereocenters. The third-order valence-electron chi connectivity index (χ3n) is 3.29. The zero-order valence-corrected chi connectivity index (χ0v) is 13.8. The number of benzene rings is 2. The summed E-state index contributed by atoms with van der Waals surface area (Å²) in [4.78, 5) is 23.8. The Bertz CT molecular complexity index is 728. The van der Waals surface area contributed by atoms with Gasteiger partial charge in [0.1, 0.15) is 5.75 Å². The monoisotopic (exact) mass is 331 g/mol. The number of hydrogen-bond donors (Lipinski definition) is 1. The SMILES string of the molecule is Cc1ccc(OC(=O)CCNC(=O)c2ccccc2Cl)c(C)c1. The fourth-order valence-corrected chi connectivity index (χ4v) is 2.33. The van der Waals surface area contributed by atoms with Crippen LogP contribution in [0.15, 0.2) is 42.5 Å². The summed E-state index contributed by atoms with van der Waals surface area (Å²) in [5.74, 6) is -0.163. The number of nitrogens with one attached hydrogen (secondary N) is 1. The lowest BCUT2D eigenvalue weighted by Gasteiger charge is -2.09. The van der Waals surface area contributed by atoms with Crippen LogP contribution in [0.1, 0.15) is 27.9 Å². The Balaban J connectivity index is 1.83. The number of rotatable bonds is 5. The third kappa shape index (κ3) is 4.83. The van der Waals surface area contributed by atoms with Crippen molar-refractivity contribution in [2.24, 2.45) is 0 Å². The highest BCUT2D eigenvalue weighted by atomic mass is 35.5. The van der Waals surface area contributed by atoms with Gasteiger partial charge in [-0.25, -0.2) is 0 Å². The van der Waals surface area contributed by atoms with Crippen molar-refractivity contribution in [2.75, 3.05) is 6.54 Å². The van der Waals surface area contributed by atoms with Gasteiger partial charge in [0.05, 0.1) is 17.0 Å². The lowest BCUT2D eigenvalue weighted by molar-refractivity contribution is -0.134. The molecule has 0 bridgehead atoms. The van der Waals surface area contributed by atoms with Crippen molar-refractivity contribution in [1.82, 2.24) is 5.32 Å². The van der Waals surface area contributed by atoms with E-state index in [1.807, 2.05) is 26.0 Å². The molecule has 2 aromatic carbocycles. The van der Waals surface area contributed by atoms with E-state index in [1.54, 1.807) is 30.3 Å². The summed E-state index contributed by atoms with van der Waals surface area (Å²) in [7, 11) is 0. The first-order valence-electron chi connectivity index (χ1n) is 7.28. The van der Waals surface area contributed by atoms with Gasteiger partial charge >= 0.3 is 5.97 Å². The Labute approximate surface area is 140 Å². The number of esters is 1. The summed E-state index contributed by atoms with van der Waals surface area (Å²) in [6.07, 6.45) is 0.0868. The van der Waals surface area contributed by atoms with Crippen molar-refractivity contribution in [3.8, 4) is 5.75 Å². The lowest BCUT2D eigenvalue weighted by Crippen LogP contribution is -2.27. The number of halogens is 1. The first-order valence-corrected chi connectivity index (χ1v) is 7.66. The molecule has 0 saturated carbocycles. The summed E-state index contributed by atoms with van der Waals surface area (Å²) in [5, 5.41) is 3.03. The maximum atomic E-state index is 11.9. The molecule has 2 aromatic rings. The summed E-state index contributed by atoms with van der Waals surface area (Å²) >= 11 is 5.95. The molecule has 0 unspecified atom stereocenters. The van der Waals surface area contributed by atoms with Gasteiger partial charge in [0, 0.05) is 6.54 Å². The minimum absolute atomic E-state index is 0.0868. The van der Waals surface area contributed by atoms with E-state index in [-0.39, 0.29) is 18.9 Å². The predicted octanol–water partition coefficient (Wildman–Crippen LogP) is 3.68. The number of aryl methyl sites for hydroxylation is 2. The van der Waals surface area contributed by atoms with Crippen molar-refractivity contribution >= 4 is 23.5 Å². The zero-order valence-electron chi connectivity index (χ0n) is 13.1. The lowest BCUT2D eigenvalue weighted by atomic mass is 10.1. The number of hydrogen-bond acceptors (Lipinski definition) is 3. The largest absolute Gasteiger partial charge is 0.426 e. The van der Waals surface area contributed by atoms with E-state index in [9.17, 15) is 9.59 Å². The van der Waals surface area contributed by atoms with E-state index in [1.165, 1.54) is 0 Å². The van der Waals surface area contributed by atoms with Crippen LogP contribution >= 0.6 is 11.6 Å². The predicted molar refractivity (Wildman–Crippen MR) is 90.0 cm³/mol. The molecule has 0 aliphatic heterocycles. The summed E-state index contributed by atoms with van der Waals surface area (Å²) in [6.45, 7) is 4.05. The summed E-state index contributed by atoms with van der Waals surface area (Å²) in [6, 6.07) is 12.4. The second-order valence-corrected chi connectivity index (χ2v) is 5.64. The highest BCUT2D eigenvalue weighted by Crippen LogP contribution is 2.19. The van der Waals surface area contributed by atoms with E-state index in [4.69, 9.17) is 16.3 Å². The molecule has 4 nitrogen and oxygen atoms in total. The van der Waals surface area contributed by atoms with Gasteiger partial charge in [-0.05, 0) is 37.6 Å². The highest BCUT2D eigenvalue weighted by Gasteiger charge is 2.11. The Morgan fingerprint density at radius 2 is 1.87 bits per heavy atom. The number of ether oxygens (including phenoxy) is 1. The number of amides is 1. The van der Waals surface area contributed by atoms with Crippen LogP contribution in [0.25, 0.3) is 0 Å². The molecule has 1 N–H and O–H groups in total. The van der Waals surface area contributed by atoms with Gasteiger partial charge < -0.3 is 10.1 Å². The molecular formula is C18H18ClNO3. The molecule has 1 amide bonds. The summed E-state index contributed by atoms with van der Waals surface area (Å²) in [5.41, 5.74) is 2.39. The Morgan fingerprint density at radius 3 is 2.57 bits per heavy atom. The standard InChI is InChI=1S/C18H18ClNO3/c1-12-7-8-16(13(2)11-12)23-17(21)9-10-20-18(22)14-5-3-4-6-15(14)19/h3-8,11H,9-10H2,1-2H3,(H,20,22). The molecule has 5 heteroatoms. The molecule has 0 aliphatic carbocycles. The van der Waals surface area contributed by atoms with Gasteiger partial charge in [-0.3, -0.25) is 9.59 Å². The second kappa shape index (κ2) is 7.79. The topological polar surface area (TPSA) is 55.4 Å². The van der Waals surface area contributed by atoms with E-state index in [2.05, 4.69) is 5.32 Å². The number of carbonyl (C=O) groups excluding carboxylic acids is 2. The van der Waals surface area contributed by atoms with Crippen LogP contribution in [-0.2, 0) is 4.79 Å². The molecule has 0 aromatic heterocycles. The smallest absolute Gasteiger partial charge is 0.312 e. The fraction of sp³-hybridized carbons (Fsp3) is 0.222. The molecule has 0 saturated heterocycles. The Morgan fingerprint density at radius 1 is 1.13 bits per heavy atom. The van der Waals surface area contributed by atoms with Crippen LogP contribution in [-0.4, -0.2) is 18.4 Å². The van der Waals surface area contributed by atoms with Gasteiger partial charge in [0.2, 0.25) is 0 Å². The molecule has 0 aliphatic rings. The van der Waals surface area contributed by atoms with Gasteiger partial charge in [-0.2, -0.15) is 0 Å². The minimum atomic E-state index is -0.392. The van der Waals surface area contributed by atoms with Crippen LogP contribution in [0, 0.1) is 13.8 Å². The van der Waals surface area contributed by atoms with Gasteiger partial charge in [0.15, 0.2) is 0 Å². The normalized spacial score (nSPS) is 10.2. The van der Waals surface area contributed by atoms with E-state index < -0.39 is 5.97 Å². The van der Waals surface area contributed by atoms with Crippen molar-refractivity contribution in [1.29, 1.82) is 0 Å². The van der Waals surface area contributed by atoms with Gasteiger partial charge in [0.25, 0.3) is 5.91 Å². The number of carbonyl (C=O) groups is 2. The second-order valence-electron chi connectivity index (χ2n) is 5.23. The fourth-order valence-electron chi connectivity index (χ4n) is 2.11. The Hall–Kier alpha value is -2.33. The first-order chi connectivity index (χ1) is 11.0. The minimum Gasteiger partial charge on any atom is -0.426 e. The molecule has 0 spiro atoms. The average Bonchev–Trinajstić information content (AvgIpc) is 2.50. The van der Waals surface area contributed by atoms with Gasteiger partial charge in [-0.15, -0.1) is 0 Å². The third-order valence-corrected chi connectivity index (χ3v) is 3.62. The molecule has 0 fully saturated rings. The van der Waals surface area contributed by atoms with E-state index in [0.717, 1.165) is 11.1 Å². The van der Waals surface area contributed by atoms with E-state index >= 15 is 0 Å². The molecule has 23 heavy (non-hydrogen) atoms. The van der Waals surface area contributed by atoms with Crippen molar-refractivity contribution in [3.05, 3.63) is 64.2 Å². The van der Waals surface area contributed by atoms with Crippen molar-refractivity contribution in [3.63, 3.8) is 0 Å². The molecule has 0 heterocycles. The maximum absolute atomic E-state index is 11.9. The zero-order chi connectivity index (χ0) is 16.8. The van der Waals surface area contributed by atoms with Crippen LogP contribution in [0.2, 0.25) is 5.02 Å². The maximum Gasteiger partial charge on any atom is 0.312 e. The van der Waals surface area contributed by atoms with Crippen LogP contribution < -0.4 is 10.1 Å². The highest BCUT2D eigenvalue weighted by molar-refractivity contribution is 6.33. The van der Waals surface area contributed by atoms with Crippen molar-refractivity contribution < 1.29 is 14.3 Å².